The number of carbonyl (C=O) groups is 1. The van der Waals surface area contributed by atoms with Crippen LogP contribution in [0.3, 0.4) is 0 Å². The summed E-state index contributed by atoms with van der Waals surface area (Å²) < 4.78 is 0. The number of benzene rings is 1. The normalized spacial score (nSPS) is 12.5. The Morgan fingerprint density at radius 3 is 2.25 bits per heavy atom. The fourth-order valence-electron chi connectivity index (χ4n) is 1.53. The van der Waals surface area contributed by atoms with Crippen LogP contribution in [0.4, 0.5) is 5.69 Å². The monoisotopic (exact) mass is 221 g/mol. The van der Waals surface area contributed by atoms with Crippen LogP contribution in [0.2, 0.25) is 0 Å². The lowest BCUT2D eigenvalue weighted by Gasteiger charge is -2.19. The third kappa shape index (κ3) is 3.26. The Balaban J connectivity index is 2.74. The summed E-state index contributed by atoms with van der Waals surface area (Å²) in [6, 6.07) is 7.35. The first-order chi connectivity index (χ1) is 7.54. The van der Waals surface area contributed by atoms with Gasteiger partial charge in [0, 0.05) is 5.69 Å². The van der Waals surface area contributed by atoms with Crippen molar-refractivity contribution >= 4 is 11.7 Å². The summed E-state index contributed by atoms with van der Waals surface area (Å²) >= 11 is 0. The molecule has 0 heterocycles. The van der Waals surface area contributed by atoms with E-state index in [9.17, 15) is 4.79 Å². The maximum Gasteiger partial charge on any atom is 0.326 e. The van der Waals surface area contributed by atoms with Crippen LogP contribution in [-0.2, 0) is 11.2 Å². The van der Waals surface area contributed by atoms with Gasteiger partial charge in [-0.05, 0) is 30.0 Å². The summed E-state index contributed by atoms with van der Waals surface area (Å²) in [7, 11) is 0. The van der Waals surface area contributed by atoms with Crippen molar-refractivity contribution in [1.29, 1.82) is 0 Å². The molecular formula is C13H19NO2. The largest absolute Gasteiger partial charge is 0.480 e. The fraction of sp³-hybridized carbons (Fsp3) is 0.462. The van der Waals surface area contributed by atoms with Crippen molar-refractivity contribution in [3.63, 3.8) is 0 Å². The average molecular weight is 221 g/mol. The van der Waals surface area contributed by atoms with Gasteiger partial charge in [0.2, 0.25) is 0 Å². The summed E-state index contributed by atoms with van der Waals surface area (Å²) in [5, 5.41) is 12.1. The highest BCUT2D eigenvalue weighted by Crippen LogP contribution is 2.14. The van der Waals surface area contributed by atoms with Gasteiger partial charge in [-0.1, -0.05) is 32.9 Å². The van der Waals surface area contributed by atoms with Crippen LogP contribution in [0.1, 0.15) is 26.3 Å². The molecule has 1 aromatic rings. The highest BCUT2D eigenvalue weighted by molar-refractivity contribution is 5.77. The van der Waals surface area contributed by atoms with E-state index in [-0.39, 0.29) is 5.92 Å². The zero-order chi connectivity index (χ0) is 12.1. The molecule has 88 valence electrons. The van der Waals surface area contributed by atoms with Crippen molar-refractivity contribution in [2.75, 3.05) is 5.32 Å². The number of aryl methyl sites for hydroxylation is 1. The lowest BCUT2D eigenvalue weighted by molar-refractivity contribution is -0.138. The zero-order valence-electron chi connectivity index (χ0n) is 10.0. The van der Waals surface area contributed by atoms with Gasteiger partial charge in [0.1, 0.15) is 6.04 Å². The molecule has 1 atom stereocenters. The van der Waals surface area contributed by atoms with Crippen molar-refractivity contribution in [2.24, 2.45) is 5.92 Å². The Bertz CT molecular complexity index is 343. The van der Waals surface area contributed by atoms with Gasteiger partial charge in [0.25, 0.3) is 0 Å². The van der Waals surface area contributed by atoms with Crippen LogP contribution in [0.5, 0.6) is 0 Å². The number of hydrogen-bond donors (Lipinski definition) is 2. The summed E-state index contributed by atoms with van der Waals surface area (Å²) in [6.45, 7) is 5.88. The molecule has 2 N–H and O–H groups in total. The summed E-state index contributed by atoms with van der Waals surface area (Å²) in [5.74, 6) is -0.752. The number of rotatable bonds is 5. The van der Waals surface area contributed by atoms with Crippen LogP contribution in [0.25, 0.3) is 0 Å². The second kappa shape index (κ2) is 5.54. The molecule has 0 saturated carbocycles. The first kappa shape index (κ1) is 12.6. The molecule has 0 aliphatic heterocycles. The molecule has 0 bridgehead atoms. The van der Waals surface area contributed by atoms with Gasteiger partial charge in [-0.2, -0.15) is 0 Å². The summed E-state index contributed by atoms with van der Waals surface area (Å²) in [6.07, 6.45) is 0.993. The van der Waals surface area contributed by atoms with E-state index in [4.69, 9.17) is 5.11 Å². The lowest BCUT2D eigenvalue weighted by Crippen LogP contribution is -2.34. The molecule has 0 amide bonds. The molecule has 1 aromatic carbocycles. The third-order valence-corrected chi connectivity index (χ3v) is 2.62. The van der Waals surface area contributed by atoms with Crippen molar-refractivity contribution in [3.8, 4) is 0 Å². The predicted octanol–water partition coefficient (Wildman–Crippen LogP) is 2.77. The maximum absolute atomic E-state index is 11.0. The number of hydrogen-bond acceptors (Lipinski definition) is 2. The zero-order valence-corrected chi connectivity index (χ0v) is 10.0. The van der Waals surface area contributed by atoms with E-state index in [2.05, 4.69) is 12.2 Å². The Labute approximate surface area is 96.5 Å². The van der Waals surface area contributed by atoms with Crippen molar-refractivity contribution in [2.45, 2.75) is 33.2 Å². The van der Waals surface area contributed by atoms with Crippen LogP contribution in [-0.4, -0.2) is 17.1 Å². The highest BCUT2D eigenvalue weighted by atomic mass is 16.4. The van der Waals surface area contributed by atoms with Gasteiger partial charge in [0.15, 0.2) is 0 Å². The van der Waals surface area contributed by atoms with E-state index in [1.165, 1.54) is 5.56 Å². The van der Waals surface area contributed by atoms with E-state index in [0.29, 0.717) is 0 Å². The van der Waals surface area contributed by atoms with Crippen molar-refractivity contribution < 1.29 is 9.90 Å². The Morgan fingerprint density at radius 1 is 1.31 bits per heavy atom. The lowest BCUT2D eigenvalue weighted by atomic mass is 10.0. The summed E-state index contributed by atoms with van der Waals surface area (Å²) in [4.78, 5) is 11.0. The third-order valence-electron chi connectivity index (χ3n) is 2.62. The molecule has 0 aliphatic carbocycles. The molecule has 16 heavy (non-hydrogen) atoms. The number of anilines is 1. The van der Waals surface area contributed by atoms with Gasteiger partial charge in [-0.3, -0.25) is 0 Å². The van der Waals surface area contributed by atoms with Gasteiger partial charge >= 0.3 is 5.97 Å². The smallest absolute Gasteiger partial charge is 0.326 e. The molecule has 0 spiro atoms. The van der Waals surface area contributed by atoms with E-state index in [1.807, 2.05) is 38.1 Å². The number of nitrogens with one attached hydrogen (secondary N) is 1. The van der Waals surface area contributed by atoms with Crippen molar-refractivity contribution in [3.05, 3.63) is 29.8 Å². The van der Waals surface area contributed by atoms with Crippen LogP contribution < -0.4 is 5.32 Å². The number of carboxylic acids is 1. The maximum atomic E-state index is 11.0. The SMILES string of the molecule is CCc1ccc(NC(C(=O)O)C(C)C)cc1. The van der Waals surface area contributed by atoms with E-state index >= 15 is 0 Å². The van der Waals surface area contributed by atoms with Crippen molar-refractivity contribution in [1.82, 2.24) is 0 Å². The second-order valence-corrected chi connectivity index (χ2v) is 4.25. The van der Waals surface area contributed by atoms with E-state index < -0.39 is 12.0 Å². The van der Waals surface area contributed by atoms with Crippen LogP contribution >= 0.6 is 0 Å². The van der Waals surface area contributed by atoms with Gasteiger partial charge in [-0.25, -0.2) is 4.79 Å². The standard InChI is InChI=1S/C13H19NO2/c1-4-10-5-7-11(8-6-10)14-12(9(2)3)13(15)16/h5-9,12,14H,4H2,1-3H3,(H,15,16). The van der Waals surface area contributed by atoms with Crippen LogP contribution in [0.15, 0.2) is 24.3 Å². The average Bonchev–Trinajstić information content (AvgIpc) is 2.25. The molecule has 1 rings (SSSR count). The molecule has 3 nitrogen and oxygen atoms in total. The van der Waals surface area contributed by atoms with Gasteiger partial charge in [0.05, 0.1) is 0 Å². The topological polar surface area (TPSA) is 49.3 Å². The van der Waals surface area contributed by atoms with E-state index in [1.54, 1.807) is 0 Å². The molecular weight excluding hydrogens is 202 g/mol. The number of aliphatic carboxylic acids is 1. The Morgan fingerprint density at radius 2 is 1.88 bits per heavy atom. The van der Waals surface area contributed by atoms with Gasteiger partial charge in [-0.15, -0.1) is 0 Å². The fourth-order valence-corrected chi connectivity index (χ4v) is 1.53. The molecule has 0 aromatic heterocycles. The molecule has 0 radical (unpaired) electrons. The molecule has 0 aliphatic rings. The molecule has 0 fully saturated rings. The van der Waals surface area contributed by atoms with Crippen LogP contribution in [0, 0.1) is 5.92 Å². The van der Waals surface area contributed by atoms with E-state index in [0.717, 1.165) is 12.1 Å². The second-order valence-electron chi connectivity index (χ2n) is 4.25. The minimum atomic E-state index is -0.811. The molecule has 3 heteroatoms. The summed E-state index contributed by atoms with van der Waals surface area (Å²) in [5.41, 5.74) is 2.11. The predicted molar refractivity (Wildman–Crippen MR) is 65.7 cm³/mol. The number of carboxylic acid groups (broad SMARTS) is 1. The first-order valence-electron chi connectivity index (χ1n) is 5.63. The Kier molecular flexibility index (Phi) is 4.35. The highest BCUT2D eigenvalue weighted by Gasteiger charge is 2.20. The first-order valence-corrected chi connectivity index (χ1v) is 5.63. The molecule has 1 unspecified atom stereocenters. The van der Waals surface area contributed by atoms with Gasteiger partial charge < -0.3 is 10.4 Å². The minimum Gasteiger partial charge on any atom is -0.480 e. The Hall–Kier alpha value is -1.51. The molecule has 0 saturated heterocycles. The minimum absolute atomic E-state index is 0.0587. The quantitative estimate of drug-likeness (QED) is 0.803.